The molecule has 0 radical (unpaired) electrons. The van der Waals surface area contributed by atoms with Crippen molar-refractivity contribution in [1.82, 2.24) is 5.32 Å². The summed E-state index contributed by atoms with van der Waals surface area (Å²) in [5.74, 6) is -2.92. The van der Waals surface area contributed by atoms with E-state index < -0.39 is 27.5 Å². The Balaban J connectivity index is 2.57. The van der Waals surface area contributed by atoms with Crippen LogP contribution in [0.4, 0.5) is 13.2 Å². The Labute approximate surface area is 100 Å². The summed E-state index contributed by atoms with van der Waals surface area (Å²) in [4.78, 5) is 0. The van der Waals surface area contributed by atoms with Gasteiger partial charge in [-0.15, -0.1) is 0 Å². The van der Waals surface area contributed by atoms with E-state index in [2.05, 4.69) is 21.2 Å². The van der Waals surface area contributed by atoms with Gasteiger partial charge in [-0.25, -0.2) is 13.2 Å². The molecule has 1 aromatic carbocycles. The summed E-state index contributed by atoms with van der Waals surface area (Å²) in [5, 5.41) is 3.08. The summed E-state index contributed by atoms with van der Waals surface area (Å²) in [5.41, 5.74) is -0.616. The van der Waals surface area contributed by atoms with Crippen molar-refractivity contribution in [2.45, 2.75) is 25.3 Å². The maximum atomic E-state index is 13.7. The lowest BCUT2D eigenvalue weighted by molar-refractivity contribution is 0.387. The van der Waals surface area contributed by atoms with Crippen LogP contribution in [0.25, 0.3) is 0 Å². The zero-order chi connectivity index (χ0) is 11.9. The van der Waals surface area contributed by atoms with E-state index in [0.29, 0.717) is 6.42 Å². The lowest BCUT2D eigenvalue weighted by Crippen LogP contribution is -2.34. The van der Waals surface area contributed by atoms with Crippen molar-refractivity contribution in [3.8, 4) is 0 Å². The van der Waals surface area contributed by atoms with Crippen molar-refractivity contribution >= 4 is 15.9 Å². The van der Waals surface area contributed by atoms with Gasteiger partial charge < -0.3 is 5.32 Å². The molecule has 1 unspecified atom stereocenters. The molecule has 0 spiro atoms. The molecule has 88 valence electrons. The predicted molar refractivity (Wildman–Crippen MR) is 58.6 cm³/mol. The normalized spacial score (nSPS) is 25.1. The largest absolute Gasteiger partial charge is 0.308 e. The first kappa shape index (κ1) is 11.9. The van der Waals surface area contributed by atoms with E-state index in [1.165, 1.54) is 0 Å². The van der Waals surface area contributed by atoms with E-state index >= 15 is 0 Å². The minimum Gasteiger partial charge on any atom is -0.308 e. The maximum absolute atomic E-state index is 13.7. The first-order valence-corrected chi connectivity index (χ1v) is 5.83. The van der Waals surface area contributed by atoms with Gasteiger partial charge in [-0.3, -0.25) is 0 Å². The minimum absolute atomic E-state index is 0.0585. The molecule has 0 aromatic heterocycles. The molecule has 16 heavy (non-hydrogen) atoms. The quantitative estimate of drug-likeness (QED) is 0.618. The van der Waals surface area contributed by atoms with Gasteiger partial charge in [0, 0.05) is 11.1 Å². The second kappa shape index (κ2) is 4.04. The topological polar surface area (TPSA) is 12.0 Å². The molecule has 1 saturated heterocycles. The zero-order valence-electron chi connectivity index (χ0n) is 8.71. The summed E-state index contributed by atoms with van der Waals surface area (Å²) >= 11 is 2.68. The third kappa shape index (κ3) is 1.76. The molecular weight excluding hydrogens is 283 g/mol. The maximum Gasteiger partial charge on any atom is 0.176 e. The van der Waals surface area contributed by atoms with Crippen LogP contribution in [0.2, 0.25) is 0 Å². The van der Waals surface area contributed by atoms with Crippen LogP contribution in [0.1, 0.15) is 25.3 Å². The Morgan fingerprint density at radius 1 is 1.31 bits per heavy atom. The van der Waals surface area contributed by atoms with Crippen LogP contribution in [0.5, 0.6) is 0 Å². The van der Waals surface area contributed by atoms with Crippen LogP contribution < -0.4 is 5.32 Å². The second-order valence-electron chi connectivity index (χ2n) is 4.21. The van der Waals surface area contributed by atoms with Crippen molar-refractivity contribution in [1.29, 1.82) is 0 Å². The van der Waals surface area contributed by atoms with Crippen LogP contribution in [0, 0.1) is 17.5 Å². The molecule has 1 aliphatic rings. The van der Waals surface area contributed by atoms with E-state index in [9.17, 15) is 13.2 Å². The highest BCUT2D eigenvalue weighted by atomic mass is 79.9. The van der Waals surface area contributed by atoms with Crippen LogP contribution in [-0.4, -0.2) is 6.54 Å². The van der Waals surface area contributed by atoms with E-state index in [-0.39, 0.29) is 5.56 Å². The molecule has 0 saturated carbocycles. The average Bonchev–Trinajstić information content (AvgIpc) is 2.68. The Bertz CT molecular complexity index is 428. The summed E-state index contributed by atoms with van der Waals surface area (Å²) in [6, 6.07) is 1.06. The summed E-state index contributed by atoms with van der Waals surface area (Å²) in [7, 11) is 0. The molecule has 1 nitrogen and oxygen atoms in total. The number of rotatable bonds is 1. The van der Waals surface area contributed by atoms with Gasteiger partial charge in [-0.2, -0.15) is 0 Å². The third-order valence-electron chi connectivity index (χ3n) is 3.07. The van der Waals surface area contributed by atoms with Crippen molar-refractivity contribution in [3.63, 3.8) is 0 Å². The van der Waals surface area contributed by atoms with Gasteiger partial charge in [-0.1, -0.05) is 0 Å². The number of benzene rings is 1. The Morgan fingerprint density at radius 2 is 2.00 bits per heavy atom. The fourth-order valence-corrected chi connectivity index (χ4v) is 2.39. The van der Waals surface area contributed by atoms with Crippen LogP contribution in [0.3, 0.4) is 0 Å². The minimum atomic E-state index is -1.16. The Kier molecular flexibility index (Phi) is 3.01. The van der Waals surface area contributed by atoms with Gasteiger partial charge in [0.1, 0.15) is 5.82 Å². The van der Waals surface area contributed by atoms with Gasteiger partial charge >= 0.3 is 0 Å². The molecule has 1 aromatic rings. The van der Waals surface area contributed by atoms with Crippen LogP contribution >= 0.6 is 15.9 Å². The van der Waals surface area contributed by atoms with Crippen molar-refractivity contribution < 1.29 is 13.2 Å². The molecule has 2 rings (SSSR count). The molecule has 1 heterocycles. The first-order chi connectivity index (χ1) is 7.46. The molecule has 5 heteroatoms. The highest BCUT2D eigenvalue weighted by molar-refractivity contribution is 9.10. The number of halogens is 4. The molecule has 0 amide bonds. The first-order valence-electron chi connectivity index (χ1n) is 5.04. The van der Waals surface area contributed by atoms with Gasteiger partial charge in [-0.05, 0) is 48.3 Å². The molecule has 1 atom stereocenters. The Morgan fingerprint density at radius 3 is 2.56 bits per heavy atom. The van der Waals surface area contributed by atoms with E-state index in [1.807, 2.05) is 0 Å². The lowest BCUT2D eigenvalue weighted by atomic mass is 9.90. The highest BCUT2D eigenvalue weighted by Crippen LogP contribution is 2.35. The van der Waals surface area contributed by atoms with Crippen molar-refractivity contribution in [3.05, 3.63) is 33.6 Å². The molecular formula is C11H11BrF3N. The molecule has 0 bridgehead atoms. The van der Waals surface area contributed by atoms with Gasteiger partial charge in [0.05, 0.1) is 4.47 Å². The fourth-order valence-electron chi connectivity index (χ4n) is 2.10. The average molecular weight is 294 g/mol. The number of nitrogens with one attached hydrogen (secondary N) is 1. The summed E-state index contributed by atoms with van der Waals surface area (Å²) < 4.78 is 40.0. The van der Waals surface area contributed by atoms with E-state index in [0.717, 1.165) is 19.0 Å². The van der Waals surface area contributed by atoms with Crippen LogP contribution in [-0.2, 0) is 5.54 Å². The SMILES string of the molecule is CC1(c2cc(F)c(Br)c(F)c2F)CCCN1. The summed E-state index contributed by atoms with van der Waals surface area (Å²) in [6.45, 7) is 2.49. The van der Waals surface area contributed by atoms with E-state index in [4.69, 9.17) is 0 Å². The predicted octanol–water partition coefficient (Wildman–Crippen LogP) is 3.47. The second-order valence-corrected chi connectivity index (χ2v) is 5.00. The van der Waals surface area contributed by atoms with Crippen molar-refractivity contribution in [2.24, 2.45) is 0 Å². The molecule has 1 fully saturated rings. The molecule has 0 aliphatic carbocycles. The van der Waals surface area contributed by atoms with Gasteiger partial charge in [0.25, 0.3) is 0 Å². The smallest absolute Gasteiger partial charge is 0.176 e. The van der Waals surface area contributed by atoms with Crippen LogP contribution in [0.15, 0.2) is 10.5 Å². The lowest BCUT2D eigenvalue weighted by Gasteiger charge is -2.26. The zero-order valence-corrected chi connectivity index (χ0v) is 10.3. The standard InChI is InChI=1S/C11H11BrF3N/c1-11(3-2-4-16-11)6-5-7(13)8(12)10(15)9(6)14/h5,16H,2-4H2,1H3. The van der Waals surface area contributed by atoms with Crippen molar-refractivity contribution in [2.75, 3.05) is 6.54 Å². The van der Waals surface area contributed by atoms with Gasteiger partial charge in [0.15, 0.2) is 11.6 Å². The fraction of sp³-hybridized carbons (Fsp3) is 0.455. The monoisotopic (exact) mass is 293 g/mol. The number of hydrogen-bond donors (Lipinski definition) is 1. The Hall–Kier alpha value is -0.550. The molecule has 1 N–H and O–H groups in total. The highest BCUT2D eigenvalue weighted by Gasteiger charge is 2.35. The third-order valence-corrected chi connectivity index (χ3v) is 3.79. The van der Waals surface area contributed by atoms with Gasteiger partial charge in [0.2, 0.25) is 0 Å². The van der Waals surface area contributed by atoms with E-state index in [1.54, 1.807) is 6.92 Å². The summed E-state index contributed by atoms with van der Waals surface area (Å²) in [6.07, 6.45) is 1.54. The molecule has 1 aliphatic heterocycles. The number of hydrogen-bond acceptors (Lipinski definition) is 1.